The van der Waals surface area contributed by atoms with Gasteiger partial charge in [0.1, 0.15) is 12.7 Å². The minimum absolute atomic E-state index is 0.133. The van der Waals surface area contributed by atoms with Gasteiger partial charge in [0.05, 0.1) is 28.5 Å². The number of halogens is 1. The standard InChI is InChI=1S/C28H31ClN8S/c1-18-9-12-34(13-10-18)25-8-7-21(15-23(25)29)36-27(26(33-28(36)38)24-6-4-5-11-30-24)22-14-19(2)37(20(22)3)35-16-31-32-17-35/h4-8,11,14-18,26-27H,9-10,12-13H2,1-3H3,(H,33,38)/t26-,27+/m0/s1. The Balaban J connectivity index is 1.43. The molecule has 2 fully saturated rings. The van der Waals surface area contributed by atoms with E-state index in [1.807, 2.05) is 29.1 Å². The monoisotopic (exact) mass is 546 g/mol. The van der Waals surface area contributed by atoms with E-state index in [1.54, 1.807) is 12.7 Å². The minimum atomic E-state index is -0.138. The first kappa shape index (κ1) is 24.9. The molecule has 2 aliphatic rings. The van der Waals surface area contributed by atoms with Crippen LogP contribution in [0.1, 0.15) is 54.5 Å². The van der Waals surface area contributed by atoms with Gasteiger partial charge in [0, 0.05) is 41.9 Å². The topological polar surface area (TPSA) is 67.0 Å². The molecule has 0 radical (unpaired) electrons. The van der Waals surface area contributed by atoms with E-state index in [-0.39, 0.29) is 12.1 Å². The lowest BCUT2D eigenvalue weighted by Crippen LogP contribution is -2.33. The normalized spacial score (nSPS) is 20.3. The Hall–Kier alpha value is -3.43. The van der Waals surface area contributed by atoms with Crippen LogP contribution in [0.25, 0.3) is 0 Å². The third kappa shape index (κ3) is 4.33. The molecule has 0 bridgehead atoms. The Labute approximate surface area is 233 Å². The van der Waals surface area contributed by atoms with Crippen LogP contribution in [0.15, 0.2) is 61.3 Å². The molecule has 2 atom stereocenters. The second-order valence-corrected chi connectivity index (χ2v) is 11.1. The molecule has 1 aromatic carbocycles. The number of aromatic nitrogens is 5. The molecule has 3 aromatic heterocycles. The Morgan fingerprint density at radius 1 is 1.03 bits per heavy atom. The van der Waals surface area contributed by atoms with Gasteiger partial charge in [-0.2, -0.15) is 0 Å². The molecule has 0 saturated carbocycles. The van der Waals surface area contributed by atoms with E-state index in [0.29, 0.717) is 5.11 Å². The molecule has 0 spiro atoms. The van der Waals surface area contributed by atoms with Crippen LogP contribution in [0.3, 0.4) is 0 Å². The highest BCUT2D eigenvalue weighted by Gasteiger charge is 2.42. The number of piperidine rings is 1. The quantitative estimate of drug-likeness (QED) is 0.333. The lowest BCUT2D eigenvalue weighted by molar-refractivity contribution is 0.438. The lowest BCUT2D eigenvalue weighted by Gasteiger charge is -2.33. The number of aryl methyl sites for hydroxylation is 1. The average Bonchev–Trinajstić information content (AvgIpc) is 3.63. The number of anilines is 2. The summed E-state index contributed by atoms with van der Waals surface area (Å²) in [7, 11) is 0. The van der Waals surface area contributed by atoms with E-state index >= 15 is 0 Å². The Morgan fingerprint density at radius 3 is 2.47 bits per heavy atom. The van der Waals surface area contributed by atoms with Crippen molar-refractivity contribution in [3.8, 4) is 0 Å². The maximum absolute atomic E-state index is 6.93. The average molecular weight is 547 g/mol. The van der Waals surface area contributed by atoms with Gasteiger partial charge in [-0.3, -0.25) is 9.66 Å². The second-order valence-electron chi connectivity index (χ2n) is 10.3. The maximum Gasteiger partial charge on any atom is 0.174 e. The highest BCUT2D eigenvalue weighted by atomic mass is 35.5. The molecule has 2 saturated heterocycles. The number of rotatable bonds is 5. The van der Waals surface area contributed by atoms with Gasteiger partial charge in [0.2, 0.25) is 0 Å². The number of nitrogens with one attached hydrogen (secondary N) is 1. The number of hydrogen-bond donors (Lipinski definition) is 1. The van der Waals surface area contributed by atoms with Crippen molar-refractivity contribution in [3.63, 3.8) is 0 Å². The van der Waals surface area contributed by atoms with Crippen molar-refractivity contribution >= 4 is 40.3 Å². The molecular weight excluding hydrogens is 516 g/mol. The van der Waals surface area contributed by atoms with Crippen LogP contribution in [0, 0.1) is 19.8 Å². The zero-order valence-corrected chi connectivity index (χ0v) is 23.3. The second kappa shape index (κ2) is 10.0. The fourth-order valence-corrected chi connectivity index (χ4v) is 6.47. The molecule has 0 amide bonds. The van der Waals surface area contributed by atoms with Crippen LogP contribution in [0.4, 0.5) is 11.4 Å². The number of thiocarbonyl (C=S) groups is 1. The smallest absolute Gasteiger partial charge is 0.174 e. The number of nitrogens with zero attached hydrogens (tertiary/aromatic N) is 7. The first-order valence-corrected chi connectivity index (χ1v) is 13.8. The van der Waals surface area contributed by atoms with E-state index in [1.165, 1.54) is 12.8 Å². The fraction of sp³-hybridized carbons (Fsp3) is 0.357. The first-order valence-electron chi connectivity index (χ1n) is 13.0. The number of hydrogen-bond acceptors (Lipinski definition) is 5. The summed E-state index contributed by atoms with van der Waals surface area (Å²) in [4.78, 5) is 9.27. The highest BCUT2D eigenvalue weighted by molar-refractivity contribution is 7.80. The van der Waals surface area contributed by atoms with Crippen LogP contribution in [0.2, 0.25) is 5.02 Å². The lowest BCUT2D eigenvalue weighted by atomic mass is 9.96. The van der Waals surface area contributed by atoms with Gasteiger partial charge < -0.3 is 15.1 Å². The van der Waals surface area contributed by atoms with E-state index in [2.05, 4.69) is 75.0 Å². The highest BCUT2D eigenvalue weighted by Crippen LogP contribution is 2.44. The summed E-state index contributed by atoms with van der Waals surface area (Å²) >= 11 is 12.9. The van der Waals surface area contributed by atoms with E-state index < -0.39 is 0 Å². The van der Waals surface area contributed by atoms with Gasteiger partial charge in [-0.15, -0.1) is 10.2 Å². The van der Waals surface area contributed by atoms with Gasteiger partial charge in [-0.25, -0.2) is 4.68 Å². The van der Waals surface area contributed by atoms with Gasteiger partial charge in [0.25, 0.3) is 0 Å². The van der Waals surface area contributed by atoms with Crippen LogP contribution in [0.5, 0.6) is 0 Å². The van der Waals surface area contributed by atoms with Crippen molar-refractivity contribution in [2.24, 2.45) is 5.92 Å². The fourth-order valence-electron chi connectivity index (χ4n) is 5.83. The third-order valence-electron chi connectivity index (χ3n) is 7.82. The SMILES string of the molecule is Cc1cc([C@@H]2[C@H](c3ccccn3)NC(=S)N2c2ccc(N3CCC(C)CC3)c(Cl)c2)c(C)n1-n1cnnc1. The third-order valence-corrected chi connectivity index (χ3v) is 8.44. The van der Waals surface area contributed by atoms with E-state index in [4.69, 9.17) is 28.8 Å². The minimum Gasteiger partial charge on any atom is -0.370 e. The van der Waals surface area contributed by atoms with Crippen LogP contribution < -0.4 is 15.1 Å². The summed E-state index contributed by atoms with van der Waals surface area (Å²) in [5.41, 5.74) is 6.27. The van der Waals surface area contributed by atoms with Crippen LogP contribution in [-0.2, 0) is 0 Å². The molecular formula is C28H31ClN8S. The summed E-state index contributed by atoms with van der Waals surface area (Å²) in [6, 6.07) is 14.3. The van der Waals surface area contributed by atoms with Crippen molar-refractivity contribution in [2.75, 3.05) is 22.9 Å². The van der Waals surface area contributed by atoms with Crippen molar-refractivity contribution in [3.05, 3.63) is 89.0 Å². The van der Waals surface area contributed by atoms with Crippen LogP contribution >= 0.6 is 23.8 Å². The van der Waals surface area contributed by atoms with Gasteiger partial charge >= 0.3 is 0 Å². The van der Waals surface area contributed by atoms with Gasteiger partial charge in [-0.1, -0.05) is 24.6 Å². The number of pyridine rings is 1. The molecule has 0 aliphatic carbocycles. The predicted octanol–water partition coefficient (Wildman–Crippen LogP) is 5.47. The Morgan fingerprint density at radius 2 is 1.79 bits per heavy atom. The van der Waals surface area contributed by atoms with Gasteiger partial charge in [0.15, 0.2) is 5.11 Å². The molecule has 1 N–H and O–H groups in total. The molecule has 196 valence electrons. The van der Waals surface area contributed by atoms with Crippen molar-refractivity contribution in [1.82, 2.24) is 29.9 Å². The summed E-state index contributed by atoms with van der Waals surface area (Å²) in [6.45, 7) is 8.59. The molecule has 5 heterocycles. The largest absolute Gasteiger partial charge is 0.370 e. The van der Waals surface area contributed by atoms with Crippen molar-refractivity contribution in [2.45, 2.75) is 45.7 Å². The van der Waals surface area contributed by atoms with Crippen molar-refractivity contribution in [1.29, 1.82) is 0 Å². The number of benzene rings is 1. The molecule has 10 heteroatoms. The maximum atomic E-state index is 6.93. The molecule has 6 rings (SSSR count). The predicted molar refractivity (Wildman–Crippen MR) is 155 cm³/mol. The molecule has 4 aromatic rings. The summed E-state index contributed by atoms with van der Waals surface area (Å²) < 4.78 is 4.00. The molecule has 0 unspecified atom stereocenters. The van der Waals surface area contributed by atoms with E-state index in [0.717, 1.165) is 58.1 Å². The first-order chi connectivity index (χ1) is 18.4. The zero-order chi connectivity index (χ0) is 26.4. The molecule has 8 nitrogen and oxygen atoms in total. The summed E-state index contributed by atoms with van der Waals surface area (Å²) in [5, 5.41) is 13.0. The summed E-state index contributed by atoms with van der Waals surface area (Å²) in [6.07, 6.45) is 7.61. The Kier molecular flexibility index (Phi) is 6.57. The Bertz CT molecular complexity index is 1440. The molecule has 38 heavy (non-hydrogen) atoms. The van der Waals surface area contributed by atoms with Crippen LogP contribution in [-0.4, -0.2) is 42.7 Å². The van der Waals surface area contributed by atoms with E-state index in [9.17, 15) is 0 Å². The zero-order valence-electron chi connectivity index (χ0n) is 21.8. The van der Waals surface area contributed by atoms with Crippen molar-refractivity contribution < 1.29 is 0 Å². The summed E-state index contributed by atoms with van der Waals surface area (Å²) in [5.74, 6) is 0.763. The van der Waals surface area contributed by atoms with Gasteiger partial charge in [-0.05, 0) is 81.2 Å². The molecule has 2 aliphatic heterocycles.